The molecular formula is C18H31BrIN3O2S. The maximum Gasteiger partial charge on any atom is 0.191 e. The molecule has 1 rings (SSSR count). The van der Waals surface area contributed by atoms with E-state index < -0.39 is 9.84 Å². The molecule has 1 atom stereocenters. The lowest BCUT2D eigenvalue weighted by atomic mass is 9.85. The number of benzene rings is 1. The van der Waals surface area contributed by atoms with E-state index in [9.17, 15) is 8.42 Å². The summed E-state index contributed by atoms with van der Waals surface area (Å²) in [6.45, 7) is 9.69. The molecule has 0 heterocycles. The van der Waals surface area contributed by atoms with E-state index in [1.54, 1.807) is 0 Å². The van der Waals surface area contributed by atoms with E-state index >= 15 is 0 Å². The molecule has 0 aromatic heterocycles. The third-order valence-corrected chi connectivity index (χ3v) is 5.41. The summed E-state index contributed by atoms with van der Waals surface area (Å²) in [5.74, 6) is 0.888. The third kappa shape index (κ3) is 10.1. The zero-order chi connectivity index (χ0) is 19.1. The van der Waals surface area contributed by atoms with Gasteiger partial charge in [0.1, 0.15) is 9.84 Å². The first-order chi connectivity index (χ1) is 11.5. The molecule has 2 N–H and O–H groups in total. The molecule has 26 heavy (non-hydrogen) atoms. The summed E-state index contributed by atoms with van der Waals surface area (Å²) in [6.07, 6.45) is 1.82. The highest BCUT2D eigenvalue weighted by Crippen LogP contribution is 2.25. The van der Waals surface area contributed by atoms with Crippen molar-refractivity contribution >= 4 is 55.7 Å². The molecule has 5 nitrogen and oxygen atoms in total. The van der Waals surface area contributed by atoms with Crippen LogP contribution in [0.25, 0.3) is 0 Å². The second-order valence-electron chi connectivity index (χ2n) is 7.05. The Kier molecular flexibility index (Phi) is 11.3. The summed E-state index contributed by atoms with van der Waals surface area (Å²) in [7, 11) is -2.95. The van der Waals surface area contributed by atoms with Gasteiger partial charge in [-0.15, -0.1) is 24.0 Å². The number of nitrogens with zero attached hydrogens (tertiary/aromatic N) is 1. The van der Waals surface area contributed by atoms with Crippen molar-refractivity contribution in [1.29, 1.82) is 0 Å². The van der Waals surface area contributed by atoms with Crippen LogP contribution in [0.3, 0.4) is 0 Å². The normalized spacial score (nSPS) is 13.7. The van der Waals surface area contributed by atoms with E-state index in [-0.39, 0.29) is 41.2 Å². The molecule has 8 heteroatoms. The van der Waals surface area contributed by atoms with Gasteiger partial charge in [0.15, 0.2) is 5.96 Å². The molecule has 0 aliphatic carbocycles. The molecule has 1 aromatic carbocycles. The predicted octanol–water partition coefficient (Wildman–Crippen LogP) is 3.72. The lowest BCUT2D eigenvalue weighted by molar-refractivity contribution is 0.533. The zero-order valence-corrected chi connectivity index (χ0v) is 20.9. The van der Waals surface area contributed by atoms with Crippen molar-refractivity contribution < 1.29 is 8.42 Å². The fourth-order valence-electron chi connectivity index (χ4n) is 2.29. The summed E-state index contributed by atoms with van der Waals surface area (Å²) in [5.41, 5.74) is 1.12. The number of sulfone groups is 1. The van der Waals surface area contributed by atoms with Gasteiger partial charge >= 0.3 is 0 Å². The van der Waals surface area contributed by atoms with Crippen LogP contribution in [-0.4, -0.2) is 45.5 Å². The van der Waals surface area contributed by atoms with Crippen molar-refractivity contribution in [3.8, 4) is 0 Å². The summed E-state index contributed by atoms with van der Waals surface area (Å²) in [6, 6.07) is 8.32. The van der Waals surface area contributed by atoms with Crippen LogP contribution in [0.2, 0.25) is 0 Å². The van der Waals surface area contributed by atoms with Gasteiger partial charge in [-0.1, -0.05) is 41.9 Å². The number of aliphatic imine (C=N–C) groups is 1. The average Bonchev–Trinajstić information content (AvgIpc) is 2.51. The molecule has 0 saturated carbocycles. The first kappa shape index (κ1) is 25.6. The smallest absolute Gasteiger partial charge is 0.191 e. The number of nitrogens with one attached hydrogen (secondary N) is 2. The van der Waals surface area contributed by atoms with Crippen molar-refractivity contribution in [2.75, 3.05) is 25.1 Å². The number of guanidine groups is 1. The van der Waals surface area contributed by atoms with Gasteiger partial charge in [-0.25, -0.2) is 8.42 Å². The Morgan fingerprint density at radius 2 is 1.85 bits per heavy atom. The topological polar surface area (TPSA) is 70.6 Å². The van der Waals surface area contributed by atoms with Crippen LogP contribution in [0.4, 0.5) is 0 Å². The summed E-state index contributed by atoms with van der Waals surface area (Å²) in [4.78, 5) is 4.70. The Morgan fingerprint density at radius 3 is 2.35 bits per heavy atom. The molecule has 0 aliphatic heterocycles. The van der Waals surface area contributed by atoms with Crippen LogP contribution in [0.1, 0.15) is 39.7 Å². The third-order valence-electron chi connectivity index (χ3n) is 3.91. The van der Waals surface area contributed by atoms with Crippen LogP contribution in [0.15, 0.2) is 33.7 Å². The van der Waals surface area contributed by atoms with Gasteiger partial charge in [-0.05, 0) is 38.0 Å². The highest BCUT2D eigenvalue weighted by Gasteiger charge is 2.20. The minimum absolute atomic E-state index is 0. The van der Waals surface area contributed by atoms with E-state index in [4.69, 9.17) is 4.99 Å². The lowest BCUT2D eigenvalue weighted by Crippen LogP contribution is -2.43. The molecule has 1 unspecified atom stereocenters. The van der Waals surface area contributed by atoms with Crippen molar-refractivity contribution in [1.82, 2.24) is 10.6 Å². The second-order valence-corrected chi connectivity index (χ2v) is 10.2. The molecule has 0 saturated heterocycles. The minimum atomic E-state index is -2.95. The van der Waals surface area contributed by atoms with Crippen LogP contribution >= 0.6 is 39.9 Å². The summed E-state index contributed by atoms with van der Waals surface area (Å²) >= 11 is 3.46. The zero-order valence-electron chi connectivity index (χ0n) is 16.2. The summed E-state index contributed by atoms with van der Waals surface area (Å²) in [5, 5.41) is 6.52. The molecule has 0 fully saturated rings. The van der Waals surface area contributed by atoms with Crippen LogP contribution < -0.4 is 10.6 Å². The highest BCUT2D eigenvalue weighted by molar-refractivity contribution is 14.0. The van der Waals surface area contributed by atoms with Gasteiger partial charge in [0.05, 0.1) is 12.3 Å². The molecule has 0 bridgehead atoms. The van der Waals surface area contributed by atoms with Gasteiger partial charge in [-0.2, -0.15) is 0 Å². The predicted molar refractivity (Wildman–Crippen MR) is 125 cm³/mol. The lowest BCUT2D eigenvalue weighted by Gasteiger charge is -2.25. The maximum absolute atomic E-state index is 11.3. The molecule has 150 valence electrons. The monoisotopic (exact) mass is 559 g/mol. The maximum atomic E-state index is 11.3. The molecule has 0 aliphatic rings. The molecule has 0 spiro atoms. The first-order valence-electron chi connectivity index (χ1n) is 8.52. The molecule has 0 radical (unpaired) electrons. The van der Waals surface area contributed by atoms with E-state index in [0.717, 1.165) is 11.0 Å². The van der Waals surface area contributed by atoms with Crippen molar-refractivity contribution in [3.05, 3.63) is 34.3 Å². The number of hydrogen-bond donors (Lipinski definition) is 2. The standard InChI is InChI=1S/C18H30BrN3O2S.HI/c1-6-20-17(22-14(2)11-12-25(5,23)24)21-13-18(3,4)15-7-9-16(19)10-8-15;/h7-10,14H,6,11-13H2,1-5H3,(H2,20,21,22);1H. The Morgan fingerprint density at radius 1 is 1.27 bits per heavy atom. The minimum Gasteiger partial charge on any atom is -0.357 e. The van der Waals surface area contributed by atoms with Crippen LogP contribution in [0, 0.1) is 0 Å². The van der Waals surface area contributed by atoms with E-state index in [1.165, 1.54) is 11.8 Å². The van der Waals surface area contributed by atoms with E-state index in [2.05, 4.69) is 52.5 Å². The van der Waals surface area contributed by atoms with Gasteiger partial charge in [-0.3, -0.25) is 4.99 Å². The Labute approximate surface area is 183 Å². The number of hydrogen-bond acceptors (Lipinski definition) is 3. The van der Waals surface area contributed by atoms with E-state index in [0.29, 0.717) is 18.9 Å². The second kappa shape index (κ2) is 11.5. The van der Waals surface area contributed by atoms with Gasteiger partial charge < -0.3 is 10.6 Å². The fourth-order valence-corrected chi connectivity index (χ4v) is 3.33. The highest BCUT2D eigenvalue weighted by atomic mass is 127. The first-order valence-corrected chi connectivity index (χ1v) is 11.4. The number of rotatable bonds is 8. The molecule has 1 aromatic rings. The van der Waals surface area contributed by atoms with Gasteiger partial charge in [0.2, 0.25) is 0 Å². The Bertz CT molecular complexity index is 676. The SMILES string of the molecule is CCNC(=NCC(C)(C)c1ccc(Br)cc1)NC(C)CCS(C)(=O)=O.I. The number of halogens is 2. The van der Waals surface area contributed by atoms with Crippen molar-refractivity contribution in [2.45, 2.75) is 45.6 Å². The van der Waals surface area contributed by atoms with Crippen LogP contribution in [0.5, 0.6) is 0 Å². The van der Waals surface area contributed by atoms with Gasteiger partial charge in [0.25, 0.3) is 0 Å². The van der Waals surface area contributed by atoms with Crippen LogP contribution in [-0.2, 0) is 15.3 Å². The summed E-state index contributed by atoms with van der Waals surface area (Å²) < 4.78 is 23.7. The Balaban J connectivity index is 0.00000625. The average molecular weight is 560 g/mol. The molecule has 0 amide bonds. The largest absolute Gasteiger partial charge is 0.357 e. The van der Waals surface area contributed by atoms with Crippen molar-refractivity contribution in [3.63, 3.8) is 0 Å². The van der Waals surface area contributed by atoms with Gasteiger partial charge in [0, 0.05) is 28.7 Å². The quantitative estimate of drug-likeness (QED) is 0.289. The van der Waals surface area contributed by atoms with Crippen molar-refractivity contribution in [2.24, 2.45) is 4.99 Å². The van der Waals surface area contributed by atoms with E-state index in [1.807, 2.05) is 26.0 Å². The fraction of sp³-hybridized carbons (Fsp3) is 0.611. The Hall–Kier alpha value is -0.350. The molecular weight excluding hydrogens is 529 g/mol.